The van der Waals surface area contributed by atoms with Crippen molar-refractivity contribution in [1.29, 1.82) is 0 Å². The van der Waals surface area contributed by atoms with Crippen LogP contribution in [0, 0.1) is 29.1 Å². The van der Waals surface area contributed by atoms with Crippen LogP contribution >= 0.6 is 0 Å². The van der Waals surface area contributed by atoms with Gasteiger partial charge < -0.3 is 0 Å². The number of alkyl halides is 3. The van der Waals surface area contributed by atoms with Gasteiger partial charge in [-0.25, -0.2) is 0 Å². The molecule has 3 saturated carbocycles. The van der Waals surface area contributed by atoms with Crippen molar-refractivity contribution >= 4 is 17.3 Å². The zero-order valence-corrected chi connectivity index (χ0v) is 20.6. The van der Waals surface area contributed by atoms with Crippen molar-refractivity contribution < 1.29 is 22.8 Å². The third-order valence-corrected chi connectivity index (χ3v) is 8.62. The number of fused-ring (bicyclic) bond motifs is 1. The van der Waals surface area contributed by atoms with E-state index in [1.165, 1.54) is 12.1 Å². The van der Waals surface area contributed by atoms with E-state index in [9.17, 15) is 22.8 Å². The molecule has 1 aliphatic heterocycles. The average Bonchev–Trinajstić information content (AvgIpc) is 3.50. The summed E-state index contributed by atoms with van der Waals surface area (Å²) in [5.74, 6) is -0.233. The molecule has 6 heteroatoms. The highest BCUT2D eigenvalue weighted by Gasteiger charge is 2.50. The summed E-state index contributed by atoms with van der Waals surface area (Å²) in [6, 6.07) is 4.56. The Hall–Kier alpha value is -2.24. The second-order valence-electron chi connectivity index (χ2n) is 11.8. The van der Waals surface area contributed by atoms with E-state index in [0.717, 1.165) is 81.3 Å². The number of rotatable bonds is 4. The third kappa shape index (κ3) is 4.65. The molecule has 35 heavy (non-hydrogen) atoms. The van der Waals surface area contributed by atoms with Crippen LogP contribution in [0.25, 0.3) is 0 Å². The van der Waals surface area contributed by atoms with Crippen LogP contribution in [0.15, 0.2) is 40.5 Å². The molecule has 0 aromatic heterocycles. The molecule has 3 fully saturated rings. The van der Waals surface area contributed by atoms with Gasteiger partial charge in [-0.2, -0.15) is 13.2 Å². The fourth-order valence-electron chi connectivity index (χ4n) is 7.07. The molecule has 2 unspecified atom stereocenters. The highest BCUT2D eigenvalue weighted by atomic mass is 19.4. The van der Waals surface area contributed by atoms with Crippen molar-refractivity contribution in [2.24, 2.45) is 34.1 Å². The van der Waals surface area contributed by atoms with Crippen LogP contribution in [0.2, 0.25) is 0 Å². The van der Waals surface area contributed by atoms with Gasteiger partial charge in [0, 0.05) is 35.1 Å². The first-order chi connectivity index (χ1) is 16.5. The fraction of sp³-hybridized carbons (Fsp3) is 0.621. The lowest BCUT2D eigenvalue weighted by Gasteiger charge is -2.44. The van der Waals surface area contributed by atoms with Gasteiger partial charge in [0.25, 0.3) is 0 Å². The molecule has 1 heterocycles. The minimum absolute atomic E-state index is 0.150. The Bertz CT molecular complexity index is 1070. The van der Waals surface area contributed by atoms with Gasteiger partial charge in [-0.05, 0) is 55.6 Å². The van der Waals surface area contributed by atoms with Crippen molar-refractivity contribution in [3.8, 4) is 0 Å². The van der Waals surface area contributed by atoms with Crippen LogP contribution in [0.4, 0.5) is 13.2 Å². The SMILES string of the molecule is CC1(C)CC(=O)C2C(=NC(C3CCCC3)=C(C(=O)c3ccc(C(F)(F)F)cc3)C2C2CCCC2)C1. The molecule has 2 atom stereocenters. The van der Waals surface area contributed by atoms with E-state index >= 15 is 0 Å². The normalized spacial score (nSPS) is 27.8. The molecule has 0 amide bonds. The first-order valence-electron chi connectivity index (χ1n) is 13.1. The lowest BCUT2D eigenvalue weighted by molar-refractivity contribution is -0.137. The highest BCUT2D eigenvalue weighted by Crippen LogP contribution is 2.51. The fourth-order valence-corrected chi connectivity index (χ4v) is 7.07. The van der Waals surface area contributed by atoms with E-state index in [0.29, 0.717) is 12.0 Å². The smallest absolute Gasteiger partial charge is 0.299 e. The number of carbonyl (C=O) groups is 2. The molecule has 1 aromatic carbocycles. The number of Topliss-reactive ketones (excluding diaryl/α,β-unsaturated/α-hetero) is 2. The summed E-state index contributed by atoms with van der Waals surface area (Å²) in [4.78, 5) is 32.8. The highest BCUT2D eigenvalue weighted by molar-refractivity contribution is 6.15. The van der Waals surface area contributed by atoms with Crippen molar-refractivity contribution in [1.82, 2.24) is 0 Å². The first kappa shape index (κ1) is 24.5. The molecule has 0 saturated heterocycles. The van der Waals surface area contributed by atoms with Crippen molar-refractivity contribution in [2.75, 3.05) is 0 Å². The second kappa shape index (κ2) is 9.01. The van der Waals surface area contributed by atoms with Crippen molar-refractivity contribution in [2.45, 2.75) is 84.2 Å². The van der Waals surface area contributed by atoms with E-state index in [-0.39, 0.29) is 46.2 Å². The van der Waals surface area contributed by atoms with Crippen molar-refractivity contribution in [3.05, 3.63) is 46.7 Å². The van der Waals surface area contributed by atoms with Crippen LogP contribution in [0.3, 0.4) is 0 Å². The molecule has 0 radical (unpaired) electrons. The molecule has 188 valence electrons. The number of carbonyl (C=O) groups excluding carboxylic acids is 2. The zero-order valence-electron chi connectivity index (χ0n) is 20.6. The predicted molar refractivity (Wildman–Crippen MR) is 129 cm³/mol. The molecule has 0 bridgehead atoms. The number of hydrogen-bond acceptors (Lipinski definition) is 3. The van der Waals surface area contributed by atoms with E-state index in [1.807, 2.05) is 0 Å². The molecule has 0 spiro atoms. The van der Waals surface area contributed by atoms with Gasteiger partial charge >= 0.3 is 6.18 Å². The van der Waals surface area contributed by atoms with Gasteiger partial charge in [0.1, 0.15) is 5.78 Å². The topological polar surface area (TPSA) is 46.5 Å². The summed E-state index contributed by atoms with van der Waals surface area (Å²) in [5, 5.41) is 0. The van der Waals surface area contributed by atoms with Gasteiger partial charge in [0.15, 0.2) is 5.78 Å². The summed E-state index contributed by atoms with van der Waals surface area (Å²) < 4.78 is 39.4. The van der Waals surface area contributed by atoms with Crippen molar-refractivity contribution in [3.63, 3.8) is 0 Å². The average molecular weight is 486 g/mol. The Balaban J connectivity index is 1.65. The Kier molecular flexibility index (Phi) is 6.29. The van der Waals surface area contributed by atoms with Gasteiger partial charge in [0.2, 0.25) is 0 Å². The summed E-state index contributed by atoms with van der Waals surface area (Å²) in [5.41, 5.74) is 1.75. The number of benzene rings is 1. The van der Waals surface area contributed by atoms with Crippen LogP contribution in [0.5, 0.6) is 0 Å². The maximum absolute atomic E-state index is 14.1. The Morgan fingerprint density at radius 1 is 0.943 bits per heavy atom. The zero-order chi connectivity index (χ0) is 25.0. The predicted octanol–water partition coefficient (Wildman–Crippen LogP) is 7.60. The number of halogens is 3. The van der Waals surface area contributed by atoms with E-state index < -0.39 is 11.7 Å². The number of allylic oxidation sites excluding steroid dienone is 2. The van der Waals surface area contributed by atoms with Crippen LogP contribution in [-0.2, 0) is 11.0 Å². The molecular weight excluding hydrogens is 451 g/mol. The van der Waals surface area contributed by atoms with Gasteiger partial charge in [-0.15, -0.1) is 0 Å². The Morgan fingerprint density at radius 2 is 1.54 bits per heavy atom. The molecular formula is C29H34F3NO2. The summed E-state index contributed by atoms with van der Waals surface area (Å²) >= 11 is 0. The van der Waals surface area contributed by atoms with Crippen LogP contribution in [-0.4, -0.2) is 17.3 Å². The summed E-state index contributed by atoms with van der Waals surface area (Å²) in [7, 11) is 0. The molecule has 3 aliphatic carbocycles. The number of hydrogen-bond donors (Lipinski definition) is 0. The minimum Gasteiger partial charge on any atom is -0.299 e. The van der Waals surface area contributed by atoms with Gasteiger partial charge in [-0.1, -0.05) is 51.7 Å². The van der Waals surface area contributed by atoms with E-state index in [4.69, 9.17) is 4.99 Å². The number of aliphatic imine (C=N–C) groups is 1. The molecule has 0 N–H and O–H groups in total. The standard InChI is InChI=1S/C29H34F3NO2/c1-28(2)15-21-24(22(34)16-28)23(17-7-3-4-8-17)25(26(33-21)18-9-5-6-10-18)27(35)19-11-13-20(14-12-19)29(30,31)32/h11-14,17-18,23-24H,3-10,15-16H2,1-2H3. The lowest BCUT2D eigenvalue weighted by Crippen LogP contribution is -2.47. The second-order valence-corrected chi connectivity index (χ2v) is 11.8. The first-order valence-corrected chi connectivity index (χ1v) is 13.1. The third-order valence-electron chi connectivity index (χ3n) is 8.62. The maximum Gasteiger partial charge on any atom is 0.416 e. The molecule has 4 aliphatic rings. The largest absolute Gasteiger partial charge is 0.416 e. The lowest BCUT2D eigenvalue weighted by atomic mass is 9.60. The van der Waals surface area contributed by atoms with Crippen LogP contribution in [0.1, 0.15) is 94.0 Å². The van der Waals surface area contributed by atoms with Gasteiger partial charge in [0.05, 0.1) is 17.2 Å². The minimum atomic E-state index is -4.45. The van der Waals surface area contributed by atoms with Gasteiger partial charge in [-0.3, -0.25) is 14.6 Å². The molecule has 5 rings (SSSR count). The number of nitrogens with zero attached hydrogens (tertiary/aromatic N) is 1. The summed E-state index contributed by atoms with van der Waals surface area (Å²) in [6.45, 7) is 4.21. The summed E-state index contributed by atoms with van der Waals surface area (Å²) in [6.07, 6.45) is 5.01. The number of ketones is 2. The maximum atomic E-state index is 14.1. The monoisotopic (exact) mass is 485 g/mol. The Labute approximate surface area is 205 Å². The Morgan fingerprint density at radius 3 is 2.14 bits per heavy atom. The van der Waals surface area contributed by atoms with Crippen LogP contribution < -0.4 is 0 Å². The quantitative estimate of drug-likeness (QED) is 0.412. The molecule has 1 aromatic rings. The van der Waals surface area contributed by atoms with E-state index in [2.05, 4.69) is 13.8 Å². The van der Waals surface area contributed by atoms with E-state index in [1.54, 1.807) is 0 Å². The molecule has 3 nitrogen and oxygen atoms in total.